The Hall–Kier alpha value is -1.09. The average molecular weight is 251 g/mol. The van der Waals surface area contributed by atoms with E-state index in [9.17, 15) is 4.39 Å². The Morgan fingerprint density at radius 1 is 1.39 bits per heavy atom. The summed E-state index contributed by atoms with van der Waals surface area (Å²) in [6.07, 6.45) is 4.18. The predicted octanol–water partition coefficient (Wildman–Crippen LogP) is 2.94. The summed E-state index contributed by atoms with van der Waals surface area (Å²) in [5.41, 5.74) is 1.93. The van der Waals surface area contributed by atoms with Crippen LogP contribution in [0.1, 0.15) is 30.9 Å². The highest BCUT2D eigenvalue weighted by atomic mass is 19.1. The number of rotatable bonds is 4. The van der Waals surface area contributed by atoms with Crippen molar-refractivity contribution in [1.82, 2.24) is 5.32 Å². The van der Waals surface area contributed by atoms with E-state index in [0.29, 0.717) is 11.7 Å². The molecule has 0 amide bonds. The summed E-state index contributed by atoms with van der Waals surface area (Å²) in [7, 11) is 1.61. The highest BCUT2D eigenvalue weighted by molar-refractivity contribution is 5.38. The van der Waals surface area contributed by atoms with Crippen molar-refractivity contribution in [2.75, 3.05) is 20.2 Å². The van der Waals surface area contributed by atoms with Crippen LogP contribution in [0.4, 0.5) is 4.39 Å². The van der Waals surface area contributed by atoms with Crippen molar-refractivity contribution < 1.29 is 9.13 Å². The molecule has 1 unspecified atom stereocenters. The molecule has 1 aliphatic rings. The molecule has 0 saturated carbocycles. The molecule has 1 heterocycles. The Kier molecular flexibility index (Phi) is 4.59. The topological polar surface area (TPSA) is 21.3 Å². The van der Waals surface area contributed by atoms with E-state index in [4.69, 9.17) is 4.74 Å². The van der Waals surface area contributed by atoms with E-state index in [0.717, 1.165) is 37.1 Å². The monoisotopic (exact) mass is 251 g/mol. The normalized spacial score (nSPS) is 19.8. The molecule has 1 aromatic rings. The molecular formula is C15H22FNO. The maximum absolute atomic E-state index is 13.7. The third-order valence-corrected chi connectivity index (χ3v) is 3.74. The van der Waals surface area contributed by atoms with Crippen molar-refractivity contribution in [2.24, 2.45) is 5.92 Å². The summed E-state index contributed by atoms with van der Waals surface area (Å²) in [6, 6.07) is 3.51. The Bertz CT molecular complexity index is 400. The summed E-state index contributed by atoms with van der Waals surface area (Å²) in [5.74, 6) is 1.18. The van der Waals surface area contributed by atoms with Crippen molar-refractivity contribution in [3.05, 3.63) is 29.1 Å². The first-order valence-corrected chi connectivity index (χ1v) is 6.80. The van der Waals surface area contributed by atoms with Gasteiger partial charge in [-0.15, -0.1) is 0 Å². The Labute approximate surface area is 109 Å². The van der Waals surface area contributed by atoms with Gasteiger partial charge in [0.2, 0.25) is 0 Å². The van der Waals surface area contributed by atoms with Gasteiger partial charge < -0.3 is 10.1 Å². The maximum Gasteiger partial charge on any atom is 0.130 e. The number of aryl methyl sites for hydroxylation is 1. The fraction of sp³-hybridized carbons (Fsp3) is 0.600. The van der Waals surface area contributed by atoms with Crippen LogP contribution in [0.25, 0.3) is 0 Å². The SMILES string of the molecule is CCc1cc(CC2CCCNC2)c(OC)cc1F. The van der Waals surface area contributed by atoms with Crippen LogP contribution in [-0.2, 0) is 12.8 Å². The minimum atomic E-state index is -0.153. The van der Waals surface area contributed by atoms with Gasteiger partial charge in [0.05, 0.1) is 7.11 Å². The second-order valence-electron chi connectivity index (χ2n) is 5.03. The predicted molar refractivity (Wildman–Crippen MR) is 71.6 cm³/mol. The summed E-state index contributed by atoms with van der Waals surface area (Å²) in [6.45, 7) is 4.16. The molecule has 0 radical (unpaired) electrons. The van der Waals surface area contributed by atoms with Gasteiger partial charge in [-0.3, -0.25) is 0 Å². The molecule has 1 fully saturated rings. The fourth-order valence-electron chi connectivity index (χ4n) is 2.68. The van der Waals surface area contributed by atoms with Gasteiger partial charge in [-0.1, -0.05) is 6.92 Å². The van der Waals surface area contributed by atoms with E-state index >= 15 is 0 Å². The number of methoxy groups -OCH3 is 1. The van der Waals surface area contributed by atoms with Crippen LogP contribution in [0.5, 0.6) is 5.75 Å². The van der Waals surface area contributed by atoms with E-state index in [-0.39, 0.29) is 5.82 Å². The second-order valence-corrected chi connectivity index (χ2v) is 5.03. The summed E-state index contributed by atoms with van der Waals surface area (Å²) in [4.78, 5) is 0. The number of ether oxygens (including phenoxy) is 1. The molecule has 1 N–H and O–H groups in total. The molecule has 2 nitrogen and oxygen atoms in total. The number of nitrogens with one attached hydrogen (secondary N) is 1. The van der Waals surface area contributed by atoms with Crippen LogP contribution < -0.4 is 10.1 Å². The molecule has 1 saturated heterocycles. The first-order chi connectivity index (χ1) is 8.74. The number of piperidine rings is 1. The quantitative estimate of drug-likeness (QED) is 0.888. The third kappa shape index (κ3) is 3.02. The Morgan fingerprint density at radius 2 is 2.22 bits per heavy atom. The van der Waals surface area contributed by atoms with Crippen molar-refractivity contribution >= 4 is 0 Å². The summed E-state index contributed by atoms with van der Waals surface area (Å²) >= 11 is 0. The first-order valence-electron chi connectivity index (χ1n) is 6.80. The minimum absolute atomic E-state index is 0.153. The molecule has 18 heavy (non-hydrogen) atoms. The smallest absolute Gasteiger partial charge is 0.130 e. The van der Waals surface area contributed by atoms with E-state index < -0.39 is 0 Å². The van der Waals surface area contributed by atoms with Gasteiger partial charge in [0.1, 0.15) is 11.6 Å². The molecule has 0 bridgehead atoms. The molecule has 100 valence electrons. The van der Waals surface area contributed by atoms with Gasteiger partial charge in [0.15, 0.2) is 0 Å². The van der Waals surface area contributed by atoms with Crippen LogP contribution in [-0.4, -0.2) is 20.2 Å². The minimum Gasteiger partial charge on any atom is -0.496 e. The van der Waals surface area contributed by atoms with Gasteiger partial charge in [-0.2, -0.15) is 0 Å². The lowest BCUT2D eigenvalue weighted by Crippen LogP contribution is -2.30. The highest BCUT2D eigenvalue weighted by Gasteiger charge is 2.17. The zero-order valence-electron chi connectivity index (χ0n) is 11.3. The van der Waals surface area contributed by atoms with Crippen LogP contribution >= 0.6 is 0 Å². The molecular weight excluding hydrogens is 229 g/mol. The van der Waals surface area contributed by atoms with Crippen molar-refractivity contribution in [3.63, 3.8) is 0 Å². The maximum atomic E-state index is 13.7. The number of halogens is 1. The standard InChI is InChI=1S/C15H22FNO/c1-3-12-8-13(15(18-2)9-14(12)16)7-11-5-4-6-17-10-11/h8-9,11,17H,3-7,10H2,1-2H3. The van der Waals surface area contributed by atoms with Crippen LogP contribution in [0, 0.1) is 11.7 Å². The van der Waals surface area contributed by atoms with Crippen LogP contribution in [0.15, 0.2) is 12.1 Å². The van der Waals surface area contributed by atoms with E-state index in [2.05, 4.69) is 5.32 Å². The van der Waals surface area contributed by atoms with E-state index in [1.807, 2.05) is 13.0 Å². The zero-order chi connectivity index (χ0) is 13.0. The van der Waals surface area contributed by atoms with Crippen LogP contribution in [0.3, 0.4) is 0 Å². The zero-order valence-corrected chi connectivity index (χ0v) is 11.3. The van der Waals surface area contributed by atoms with Crippen molar-refractivity contribution in [2.45, 2.75) is 32.6 Å². The van der Waals surface area contributed by atoms with Gasteiger partial charge in [-0.05, 0) is 61.9 Å². The number of hydrogen-bond donors (Lipinski definition) is 1. The molecule has 1 atom stereocenters. The van der Waals surface area contributed by atoms with E-state index in [1.54, 1.807) is 7.11 Å². The van der Waals surface area contributed by atoms with E-state index in [1.165, 1.54) is 18.9 Å². The molecule has 3 heteroatoms. The molecule has 1 aliphatic heterocycles. The first kappa shape index (κ1) is 13.3. The largest absolute Gasteiger partial charge is 0.496 e. The Balaban J connectivity index is 2.18. The number of hydrogen-bond acceptors (Lipinski definition) is 2. The van der Waals surface area contributed by atoms with Gasteiger partial charge >= 0.3 is 0 Å². The van der Waals surface area contributed by atoms with Gasteiger partial charge in [-0.25, -0.2) is 4.39 Å². The lowest BCUT2D eigenvalue weighted by atomic mass is 9.91. The molecule has 0 spiro atoms. The van der Waals surface area contributed by atoms with Crippen molar-refractivity contribution in [3.8, 4) is 5.75 Å². The molecule has 2 rings (SSSR count). The van der Waals surface area contributed by atoms with Crippen LogP contribution in [0.2, 0.25) is 0 Å². The van der Waals surface area contributed by atoms with Crippen molar-refractivity contribution in [1.29, 1.82) is 0 Å². The highest BCUT2D eigenvalue weighted by Crippen LogP contribution is 2.27. The lowest BCUT2D eigenvalue weighted by Gasteiger charge is -2.23. The summed E-state index contributed by atoms with van der Waals surface area (Å²) in [5, 5.41) is 3.42. The molecule has 0 aromatic heterocycles. The third-order valence-electron chi connectivity index (χ3n) is 3.74. The number of benzene rings is 1. The van der Waals surface area contributed by atoms with Gasteiger partial charge in [0.25, 0.3) is 0 Å². The fourth-order valence-corrected chi connectivity index (χ4v) is 2.68. The Morgan fingerprint density at radius 3 is 2.83 bits per heavy atom. The summed E-state index contributed by atoms with van der Waals surface area (Å²) < 4.78 is 19.0. The molecule has 1 aromatic carbocycles. The average Bonchev–Trinajstić information content (AvgIpc) is 2.41. The van der Waals surface area contributed by atoms with Gasteiger partial charge in [0, 0.05) is 6.07 Å². The second kappa shape index (κ2) is 6.19. The lowest BCUT2D eigenvalue weighted by molar-refractivity contribution is 0.363. The molecule has 0 aliphatic carbocycles.